The Kier molecular flexibility index (Phi) is 5.64. The number of nitrogens with two attached hydrogens (primary N) is 2. The van der Waals surface area contributed by atoms with Crippen molar-refractivity contribution in [2.24, 2.45) is 5.73 Å². The molecule has 0 saturated carbocycles. The highest BCUT2D eigenvalue weighted by Gasteiger charge is 2.38. The number of hydrogen-bond acceptors (Lipinski definition) is 8. The minimum absolute atomic E-state index is 0.109. The van der Waals surface area contributed by atoms with E-state index in [1.54, 1.807) is 29.1 Å². The van der Waals surface area contributed by atoms with Gasteiger partial charge in [-0.3, -0.25) is 14.2 Å². The van der Waals surface area contributed by atoms with Gasteiger partial charge in [0.05, 0.1) is 28.7 Å². The van der Waals surface area contributed by atoms with Crippen LogP contribution in [-0.4, -0.2) is 58.0 Å². The quantitative estimate of drug-likeness (QED) is 0.349. The number of imidazole rings is 1. The van der Waals surface area contributed by atoms with Gasteiger partial charge in [-0.05, 0) is 30.5 Å². The van der Waals surface area contributed by atoms with E-state index in [1.165, 1.54) is 13.2 Å². The summed E-state index contributed by atoms with van der Waals surface area (Å²) < 4.78 is 57.9. The SMILES string of the molecule is [2H]C([2H])([2H])Oc1cc(F)c(-c2cc(Cc3cnc4c(N)nccn34)c(N3CCCC(N)(C(=O)NC)C3)cn2)cc1F. The van der Waals surface area contributed by atoms with Crippen LogP contribution in [0.1, 0.15) is 28.2 Å². The molecule has 1 aliphatic heterocycles. The van der Waals surface area contributed by atoms with Gasteiger partial charge in [-0.1, -0.05) is 0 Å². The maximum absolute atomic E-state index is 15.2. The zero-order valence-electron chi connectivity index (χ0n) is 23.5. The van der Waals surface area contributed by atoms with E-state index in [0.717, 1.165) is 11.8 Å². The number of methoxy groups -OCH3 is 1. The fourth-order valence-corrected chi connectivity index (χ4v) is 4.91. The maximum atomic E-state index is 15.2. The number of piperidine rings is 1. The Bertz CT molecular complexity index is 1630. The van der Waals surface area contributed by atoms with Gasteiger partial charge in [-0.2, -0.15) is 0 Å². The molecule has 5 N–H and O–H groups in total. The molecule has 0 aliphatic carbocycles. The third-order valence-electron chi connectivity index (χ3n) is 6.82. The van der Waals surface area contributed by atoms with Crippen molar-refractivity contribution in [1.29, 1.82) is 0 Å². The monoisotopic (exact) mass is 525 g/mol. The van der Waals surface area contributed by atoms with E-state index in [2.05, 4.69) is 25.0 Å². The Morgan fingerprint density at radius 3 is 2.87 bits per heavy atom. The minimum atomic E-state index is -2.95. The number of nitrogens with zero attached hydrogens (tertiary/aromatic N) is 5. The number of hydrogen-bond donors (Lipinski definition) is 3. The molecule has 198 valence electrons. The van der Waals surface area contributed by atoms with E-state index in [-0.39, 0.29) is 35.9 Å². The lowest BCUT2D eigenvalue weighted by Gasteiger charge is -2.40. The Hall–Kier alpha value is -4.32. The van der Waals surface area contributed by atoms with Crippen LogP contribution >= 0.6 is 0 Å². The summed E-state index contributed by atoms with van der Waals surface area (Å²) in [6.07, 6.45) is 7.87. The lowest BCUT2D eigenvalue weighted by molar-refractivity contribution is -0.126. The van der Waals surface area contributed by atoms with E-state index < -0.39 is 30.0 Å². The predicted octanol–water partition coefficient (Wildman–Crippen LogP) is 2.29. The Balaban J connectivity index is 1.59. The van der Waals surface area contributed by atoms with Gasteiger partial charge in [0.25, 0.3) is 0 Å². The van der Waals surface area contributed by atoms with E-state index in [0.29, 0.717) is 42.4 Å². The number of anilines is 2. The zero-order chi connectivity index (χ0) is 29.5. The second kappa shape index (κ2) is 9.86. The van der Waals surface area contributed by atoms with Gasteiger partial charge >= 0.3 is 0 Å². The van der Waals surface area contributed by atoms with Gasteiger partial charge in [0.1, 0.15) is 11.4 Å². The van der Waals surface area contributed by atoms with Crippen LogP contribution < -0.4 is 26.4 Å². The number of nitrogens with one attached hydrogen (secondary N) is 1. The topological polar surface area (TPSA) is 137 Å². The Labute approximate surface area is 221 Å². The van der Waals surface area contributed by atoms with Crippen molar-refractivity contribution in [1.82, 2.24) is 24.7 Å². The van der Waals surface area contributed by atoms with Crippen LogP contribution in [0.25, 0.3) is 16.9 Å². The molecule has 1 fully saturated rings. The highest BCUT2D eigenvalue weighted by molar-refractivity contribution is 5.87. The number of halogens is 2. The fourth-order valence-electron chi connectivity index (χ4n) is 4.91. The number of fused-ring (bicyclic) bond motifs is 1. The number of carbonyl (C=O) groups excluding carboxylic acids is 1. The summed E-state index contributed by atoms with van der Waals surface area (Å²) in [6.45, 7) is 0.813. The van der Waals surface area contributed by atoms with Crippen molar-refractivity contribution in [3.05, 3.63) is 65.9 Å². The minimum Gasteiger partial charge on any atom is -0.494 e. The molecule has 3 aromatic heterocycles. The summed E-state index contributed by atoms with van der Waals surface area (Å²) in [6, 6.07) is 3.15. The van der Waals surface area contributed by atoms with Crippen LogP contribution in [0, 0.1) is 11.6 Å². The van der Waals surface area contributed by atoms with Crippen molar-refractivity contribution >= 4 is 23.1 Å². The number of aromatic nitrogens is 4. The van der Waals surface area contributed by atoms with Crippen LogP contribution in [0.3, 0.4) is 0 Å². The predicted molar refractivity (Wildman–Crippen MR) is 139 cm³/mol. The fraction of sp³-hybridized carbons (Fsp3) is 0.308. The number of ether oxygens (including phenoxy) is 1. The Morgan fingerprint density at radius 2 is 2.08 bits per heavy atom. The standard InChI is InChI=1S/C26H28F2N8O2/c1-31-25(37)26(30)4-3-6-35(14-26)21-13-33-20(17-10-19(28)22(38-2)11-18(17)27)9-15(21)8-16-12-34-24-23(29)32-5-7-36(16)24/h5,7,9-13H,3-4,6,8,14,30H2,1-2H3,(H2,29,32)(H,31,37)/i2D3. The van der Waals surface area contributed by atoms with Crippen LogP contribution in [0.15, 0.2) is 43.0 Å². The number of rotatable bonds is 6. The van der Waals surface area contributed by atoms with E-state index in [4.69, 9.17) is 15.6 Å². The summed E-state index contributed by atoms with van der Waals surface area (Å²) in [5.41, 5.74) is 13.8. The van der Waals surface area contributed by atoms with Gasteiger partial charge in [0.15, 0.2) is 23.0 Å². The van der Waals surface area contributed by atoms with Crippen molar-refractivity contribution in [3.8, 4) is 17.0 Å². The number of nitrogen functional groups attached to an aromatic ring is 1. The van der Waals surface area contributed by atoms with Crippen LogP contribution in [0.4, 0.5) is 20.3 Å². The molecule has 0 radical (unpaired) electrons. The largest absolute Gasteiger partial charge is 0.494 e. The molecular weight excluding hydrogens is 494 g/mol. The van der Waals surface area contributed by atoms with Crippen molar-refractivity contribution in [3.63, 3.8) is 0 Å². The molecule has 4 aromatic rings. The van der Waals surface area contributed by atoms with Gasteiger partial charge in [-0.25, -0.2) is 18.7 Å². The van der Waals surface area contributed by atoms with E-state index in [9.17, 15) is 9.18 Å². The molecule has 0 spiro atoms. The highest BCUT2D eigenvalue weighted by atomic mass is 19.1. The number of carbonyl (C=O) groups is 1. The summed E-state index contributed by atoms with van der Waals surface area (Å²) in [5.74, 6) is -2.73. The number of amides is 1. The maximum Gasteiger partial charge on any atom is 0.241 e. The molecule has 1 atom stereocenters. The lowest BCUT2D eigenvalue weighted by atomic mass is 9.88. The van der Waals surface area contributed by atoms with Gasteiger partial charge in [0.2, 0.25) is 5.91 Å². The van der Waals surface area contributed by atoms with Gasteiger partial charge in [0, 0.05) is 62.5 Å². The molecule has 0 bridgehead atoms. The first-order valence-corrected chi connectivity index (χ1v) is 11.9. The average Bonchev–Trinajstić information content (AvgIpc) is 3.33. The molecule has 1 amide bonds. The van der Waals surface area contributed by atoms with Gasteiger partial charge < -0.3 is 26.4 Å². The van der Waals surface area contributed by atoms with Crippen LogP contribution in [0.2, 0.25) is 0 Å². The van der Waals surface area contributed by atoms with Crippen molar-refractivity contribution < 1.29 is 22.4 Å². The molecule has 38 heavy (non-hydrogen) atoms. The second-order valence-corrected chi connectivity index (χ2v) is 9.26. The lowest BCUT2D eigenvalue weighted by Crippen LogP contribution is -2.62. The summed E-state index contributed by atoms with van der Waals surface area (Å²) >= 11 is 0. The average molecular weight is 526 g/mol. The van der Waals surface area contributed by atoms with Crippen LogP contribution in [-0.2, 0) is 11.2 Å². The molecule has 1 unspecified atom stereocenters. The normalized spacial score (nSPS) is 19.1. The summed E-state index contributed by atoms with van der Waals surface area (Å²) in [4.78, 5) is 27.4. The van der Waals surface area contributed by atoms with E-state index >= 15 is 4.39 Å². The second-order valence-electron chi connectivity index (χ2n) is 9.26. The molecule has 4 heterocycles. The number of likely N-dealkylation sites (N-methyl/N-ethyl adjacent to an activating group) is 1. The third-order valence-corrected chi connectivity index (χ3v) is 6.82. The highest BCUT2D eigenvalue weighted by Crippen LogP contribution is 2.34. The molecule has 5 rings (SSSR count). The van der Waals surface area contributed by atoms with Gasteiger partial charge in [-0.15, -0.1) is 0 Å². The van der Waals surface area contributed by atoms with E-state index in [1.807, 2.05) is 4.90 Å². The summed E-state index contributed by atoms with van der Waals surface area (Å²) in [5, 5.41) is 2.63. The molecule has 1 saturated heterocycles. The molecule has 10 nitrogen and oxygen atoms in total. The Morgan fingerprint density at radius 1 is 1.24 bits per heavy atom. The first-order chi connectivity index (χ1) is 19.4. The molecule has 1 aromatic carbocycles. The van der Waals surface area contributed by atoms with Crippen molar-refractivity contribution in [2.45, 2.75) is 24.8 Å². The zero-order valence-corrected chi connectivity index (χ0v) is 20.5. The summed E-state index contributed by atoms with van der Waals surface area (Å²) in [7, 11) is -1.42. The van der Waals surface area contributed by atoms with Crippen molar-refractivity contribution in [2.75, 3.05) is 37.8 Å². The first-order valence-electron chi connectivity index (χ1n) is 13.4. The van der Waals surface area contributed by atoms with Crippen LogP contribution in [0.5, 0.6) is 5.75 Å². The number of benzene rings is 1. The first kappa shape index (κ1) is 21.7. The molecule has 1 aliphatic rings. The molecular formula is C26H28F2N8O2. The molecule has 12 heteroatoms. The third kappa shape index (κ3) is 4.47. The smallest absolute Gasteiger partial charge is 0.241 e. The number of pyridine rings is 1.